The van der Waals surface area contributed by atoms with Crippen LogP contribution in [-0.2, 0) is 4.74 Å². The summed E-state index contributed by atoms with van der Waals surface area (Å²) in [6, 6.07) is 12.0. The molecule has 0 radical (unpaired) electrons. The van der Waals surface area contributed by atoms with Crippen molar-refractivity contribution in [3.63, 3.8) is 0 Å². The second kappa shape index (κ2) is 8.85. The van der Waals surface area contributed by atoms with E-state index in [0.29, 0.717) is 11.4 Å². The topological polar surface area (TPSA) is 51.5 Å². The number of hydrogen-bond donors (Lipinski definition) is 0. The van der Waals surface area contributed by atoms with Crippen molar-refractivity contribution in [1.82, 2.24) is 9.47 Å². The summed E-state index contributed by atoms with van der Waals surface area (Å²) in [6.45, 7) is 1.61. The van der Waals surface area contributed by atoms with E-state index in [-0.39, 0.29) is 5.56 Å². The molecule has 0 N–H and O–H groups in total. The number of carbonyl (C=O) groups excluding carboxylic acids is 1. The van der Waals surface area contributed by atoms with Gasteiger partial charge in [-0.05, 0) is 43.2 Å². The quantitative estimate of drug-likeness (QED) is 0.555. The van der Waals surface area contributed by atoms with Crippen LogP contribution in [0, 0.1) is 0 Å². The molecule has 0 aliphatic carbocycles. The van der Waals surface area contributed by atoms with Gasteiger partial charge in [-0.2, -0.15) is 0 Å². The fraction of sp³-hybridized carbons (Fsp3) is 0.300. The lowest BCUT2D eigenvalue weighted by Gasteiger charge is -2.24. The number of halogens is 1. The molecule has 1 aromatic heterocycles. The van der Waals surface area contributed by atoms with Crippen LogP contribution in [-0.4, -0.2) is 28.5 Å². The Bertz CT molecular complexity index is 835. The molecule has 6 heteroatoms. The molecule has 0 atom stereocenters. The first kappa shape index (κ1) is 18.5. The van der Waals surface area contributed by atoms with Gasteiger partial charge < -0.3 is 9.64 Å². The summed E-state index contributed by atoms with van der Waals surface area (Å²) < 4.78 is 8.04. The third-order valence-corrected chi connectivity index (χ3v) is 4.82. The van der Waals surface area contributed by atoms with Gasteiger partial charge in [0.05, 0.1) is 11.8 Å². The number of nitrogens with zero attached hydrogens (tertiary/aromatic N) is 2. The largest absolute Gasteiger partial charge is 0.404 e. The number of pyridine rings is 1. The number of likely N-dealkylation sites (tertiary alicyclic amines) is 1. The van der Waals surface area contributed by atoms with Crippen molar-refractivity contribution in [2.45, 2.75) is 25.7 Å². The monoisotopic (exact) mass is 416 g/mol. The molecule has 0 spiro atoms. The zero-order valence-corrected chi connectivity index (χ0v) is 16.0. The summed E-state index contributed by atoms with van der Waals surface area (Å²) in [5.74, 6) is -0.0231. The molecule has 0 amide bonds. The van der Waals surface area contributed by atoms with Crippen LogP contribution in [0.2, 0.25) is 0 Å². The lowest BCUT2D eigenvalue weighted by Crippen LogP contribution is -2.28. The minimum Gasteiger partial charge on any atom is -0.404 e. The maximum atomic E-state index is 12.6. The average Bonchev–Trinajstić information content (AvgIpc) is 2.93. The van der Waals surface area contributed by atoms with E-state index in [4.69, 9.17) is 4.74 Å². The molecule has 3 rings (SSSR count). The molecule has 1 fully saturated rings. The van der Waals surface area contributed by atoms with Crippen LogP contribution in [0.4, 0.5) is 0 Å². The van der Waals surface area contributed by atoms with Crippen LogP contribution in [0.3, 0.4) is 0 Å². The van der Waals surface area contributed by atoms with Crippen molar-refractivity contribution in [2.75, 3.05) is 13.1 Å². The van der Waals surface area contributed by atoms with Crippen molar-refractivity contribution in [3.8, 4) is 0 Å². The van der Waals surface area contributed by atoms with Gasteiger partial charge in [0.2, 0.25) is 5.88 Å². The molecule has 1 aliphatic rings. The van der Waals surface area contributed by atoms with E-state index in [9.17, 15) is 9.59 Å². The first-order chi connectivity index (χ1) is 12.6. The first-order valence-electron chi connectivity index (χ1n) is 8.75. The van der Waals surface area contributed by atoms with Gasteiger partial charge in [-0.1, -0.05) is 34.8 Å². The Hall–Kier alpha value is -2.34. The first-order valence-corrected chi connectivity index (χ1v) is 9.54. The van der Waals surface area contributed by atoms with Gasteiger partial charge in [0.1, 0.15) is 0 Å². The number of esters is 1. The van der Waals surface area contributed by atoms with Crippen LogP contribution < -0.4 is 5.56 Å². The molecule has 2 heterocycles. The second-order valence-corrected chi connectivity index (χ2v) is 7.13. The van der Waals surface area contributed by atoms with Crippen LogP contribution in [0.25, 0.3) is 6.20 Å². The molecule has 136 valence electrons. The third-order valence-electron chi connectivity index (χ3n) is 4.30. The third kappa shape index (κ3) is 4.85. The normalized spacial score (nSPS) is 15.4. The van der Waals surface area contributed by atoms with Crippen molar-refractivity contribution < 1.29 is 9.53 Å². The smallest absolute Gasteiger partial charge is 0.344 e. The predicted molar refractivity (Wildman–Crippen MR) is 105 cm³/mol. The highest BCUT2D eigenvalue weighted by Crippen LogP contribution is 2.19. The summed E-state index contributed by atoms with van der Waals surface area (Å²) in [5.41, 5.74) is 0.300. The van der Waals surface area contributed by atoms with E-state index in [0.717, 1.165) is 43.2 Å². The molecule has 5 nitrogen and oxygen atoms in total. The lowest BCUT2D eigenvalue weighted by atomic mass is 10.2. The molecule has 1 saturated heterocycles. The van der Waals surface area contributed by atoms with E-state index in [1.165, 1.54) is 10.6 Å². The highest BCUT2D eigenvalue weighted by atomic mass is 79.9. The second-order valence-electron chi connectivity index (χ2n) is 6.21. The number of carbonyl (C=O) groups is 1. The van der Waals surface area contributed by atoms with Crippen molar-refractivity contribution in [1.29, 1.82) is 0 Å². The van der Waals surface area contributed by atoms with Crippen LogP contribution in [0.5, 0.6) is 0 Å². The number of benzene rings is 1. The Balaban J connectivity index is 1.89. The molecule has 1 aliphatic heterocycles. The van der Waals surface area contributed by atoms with E-state index in [1.807, 2.05) is 4.90 Å². The molecular formula is C20H21BrN2O3. The Morgan fingerprint density at radius 1 is 1.00 bits per heavy atom. The maximum absolute atomic E-state index is 12.6. The Morgan fingerprint density at radius 2 is 1.69 bits per heavy atom. The number of ether oxygens (including phenoxy) is 1. The van der Waals surface area contributed by atoms with Gasteiger partial charge in [0, 0.05) is 29.8 Å². The van der Waals surface area contributed by atoms with Gasteiger partial charge in [-0.3, -0.25) is 9.36 Å². The molecular weight excluding hydrogens is 396 g/mol. The highest BCUT2D eigenvalue weighted by Gasteiger charge is 2.18. The van der Waals surface area contributed by atoms with E-state index < -0.39 is 5.97 Å². The molecule has 0 bridgehead atoms. The minimum absolute atomic E-state index is 0.167. The van der Waals surface area contributed by atoms with Crippen LogP contribution in [0.1, 0.15) is 36.0 Å². The SMILES string of the molecule is O=C(OC(=Cn1ccccc1=O)N1CCCCCC1)c1ccc(Br)cc1. The Labute approximate surface area is 161 Å². The average molecular weight is 417 g/mol. The van der Waals surface area contributed by atoms with E-state index >= 15 is 0 Å². The zero-order chi connectivity index (χ0) is 18.4. The van der Waals surface area contributed by atoms with E-state index in [2.05, 4.69) is 15.9 Å². The molecule has 26 heavy (non-hydrogen) atoms. The van der Waals surface area contributed by atoms with Crippen molar-refractivity contribution in [3.05, 3.63) is 74.9 Å². The standard InChI is InChI=1S/C20H21BrN2O3/c21-17-10-8-16(9-11-17)20(25)26-19(22-12-4-1-2-5-13-22)15-23-14-6-3-7-18(23)24/h3,6-11,14-15H,1-2,4-5,12-13H2. The van der Waals surface area contributed by atoms with Gasteiger partial charge in [-0.25, -0.2) is 4.79 Å². The summed E-state index contributed by atoms with van der Waals surface area (Å²) in [4.78, 5) is 26.7. The summed E-state index contributed by atoms with van der Waals surface area (Å²) in [7, 11) is 0. The number of aromatic nitrogens is 1. The fourth-order valence-corrected chi connectivity index (χ4v) is 3.13. The number of rotatable bonds is 4. The molecule has 0 saturated carbocycles. The summed E-state index contributed by atoms with van der Waals surface area (Å²) >= 11 is 3.36. The summed E-state index contributed by atoms with van der Waals surface area (Å²) in [6.07, 6.45) is 7.66. The highest BCUT2D eigenvalue weighted by molar-refractivity contribution is 9.10. The fourth-order valence-electron chi connectivity index (χ4n) is 2.87. The maximum Gasteiger partial charge on any atom is 0.344 e. The number of hydrogen-bond acceptors (Lipinski definition) is 4. The van der Waals surface area contributed by atoms with Crippen LogP contribution >= 0.6 is 15.9 Å². The zero-order valence-electron chi connectivity index (χ0n) is 14.4. The molecule has 0 unspecified atom stereocenters. The van der Waals surface area contributed by atoms with Crippen molar-refractivity contribution >= 4 is 28.1 Å². The Morgan fingerprint density at radius 3 is 2.35 bits per heavy atom. The lowest BCUT2D eigenvalue weighted by molar-refractivity contribution is 0.0505. The predicted octanol–water partition coefficient (Wildman–Crippen LogP) is 4.10. The molecule has 1 aromatic carbocycles. The van der Waals surface area contributed by atoms with Gasteiger partial charge >= 0.3 is 5.97 Å². The van der Waals surface area contributed by atoms with E-state index in [1.54, 1.807) is 48.8 Å². The summed E-state index contributed by atoms with van der Waals surface area (Å²) in [5, 5.41) is 0. The van der Waals surface area contributed by atoms with Gasteiger partial charge in [-0.15, -0.1) is 0 Å². The van der Waals surface area contributed by atoms with Crippen molar-refractivity contribution in [2.24, 2.45) is 0 Å². The minimum atomic E-state index is -0.433. The Kier molecular flexibility index (Phi) is 6.28. The van der Waals surface area contributed by atoms with Gasteiger partial charge in [0.25, 0.3) is 5.56 Å². The van der Waals surface area contributed by atoms with Gasteiger partial charge in [0.15, 0.2) is 0 Å². The van der Waals surface area contributed by atoms with Crippen LogP contribution in [0.15, 0.2) is 63.8 Å². The molecule has 2 aromatic rings.